The minimum absolute atomic E-state index is 0.464. The number of hydrogen-bond acceptors (Lipinski definition) is 2. The molecule has 1 aliphatic carbocycles. The Labute approximate surface area is 104 Å². The van der Waals surface area contributed by atoms with Gasteiger partial charge in [-0.1, -0.05) is 12.1 Å². The van der Waals surface area contributed by atoms with Gasteiger partial charge in [-0.05, 0) is 65.5 Å². The Balaban J connectivity index is 2.15. The molecular formula is C12H13IN2. The van der Waals surface area contributed by atoms with Crippen LogP contribution in [0.15, 0.2) is 24.3 Å². The molecule has 0 saturated heterocycles. The van der Waals surface area contributed by atoms with Crippen LogP contribution < -0.4 is 5.73 Å². The Morgan fingerprint density at radius 1 is 1.40 bits per heavy atom. The first kappa shape index (κ1) is 10.9. The maximum Gasteiger partial charge on any atom is 0.104 e. The molecule has 1 aromatic rings. The van der Waals surface area contributed by atoms with Crippen molar-refractivity contribution < 1.29 is 0 Å². The van der Waals surface area contributed by atoms with Crippen LogP contribution in [0.5, 0.6) is 0 Å². The quantitative estimate of drug-likeness (QED) is 0.811. The Morgan fingerprint density at radius 2 is 2.07 bits per heavy atom. The highest BCUT2D eigenvalue weighted by atomic mass is 127. The summed E-state index contributed by atoms with van der Waals surface area (Å²) in [6.07, 6.45) is 2.65. The van der Waals surface area contributed by atoms with Crippen molar-refractivity contribution in [2.75, 3.05) is 0 Å². The number of hydrogen-bond donors (Lipinski definition) is 1. The number of nitriles is 1. The predicted molar refractivity (Wildman–Crippen MR) is 68.3 cm³/mol. The highest BCUT2D eigenvalue weighted by Gasteiger charge is 2.36. The molecule has 0 spiro atoms. The van der Waals surface area contributed by atoms with Crippen molar-refractivity contribution in [2.24, 2.45) is 5.73 Å². The monoisotopic (exact) mass is 312 g/mol. The van der Waals surface area contributed by atoms with Crippen LogP contribution in [0.2, 0.25) is 0 Å². The van der Waals surface area contributed by atoms with Gasteiger partial charge in [0.25, 0.3) is 0 Å². The van der Waals surface area contributed by atoms with E-state index in [2.05, 4.69) is 52.9 Å². The molecule has 2 nitrogen and oxygen atoms in total. The van der Waals surface area contributed by atoms with E-state index in [9.17, 15) is 0 Å². The molecule has 0 heterocycles. The lowest BCUT2D eigenvalue weighted by atomic mass is 9.94. The largest absolute Gasteiger partial charge is 0.313 e. The fraction of sp³-hybridized carbons (Fsp3) is 0.417. The highest BCUT2D eigenvalue weighted by molar-refractivity contribution is 14.1. The van der Waals surface area contributed by atoms with E-state index in [0.717, 1.165) is 19.3 Å². The third-order valence-corrected chi connectivity index (χ3v) is 3.83. The van der Waals surface area contributed by atoms with Crippen LogP contribution in [0.25, 0.3) is 0 Å². The Hall–Kier alpha value is -0.600. The van der Waals surface area contributed by atoms with Gasteiger partial charge in [0.05, 0.1) is 6.07 Å². The first-order chi connectivity index (χ1) is 7.13. The zero-order valence-electron chi connectivity index (χ0n) is 8.41. The molecule has 0 amide bonds. The highest BCUT2D eigenvalue weighted by Crippen LogP contribution is 2.39. The van der Waals surface area contributed by atoms with Crippen molar-refractivity contribution in [2.45, 2.75) is 30.7 Å². The zero-order valence-corrected chi connectivity index (χ0v) is 10.6. The molecule has 2 N–H and O–H groups in total. The number of nitrogens with two attached hydrogens (primary N) is 1. The summed E-state index contributed by atoms with van der Waals surface area (Å²) in [5.74, 6) is 0.464. The summed E-state index contributed by atoms with van der Waals surface area (Å²) in [5, 5.41) is 8.96. The van der Waals surface area contributed by atoms with Gasteiger partial charge < -0.3 is 5.73 Å². The molecule has 2 atom stereocenters. The molecule has 0 bridgehead atoms. The van der Waals surface area contributed by atoms with E-state index in [4.69, 9.17) is 11.0 Å². The van der Waals surface area contributed by atoms with Crippen LogP contribution in [0, 0.1) is 14.9 Å². The van der Waals surface area contributed by atoms with Crippen molar-refractivity contribution in [1.29, 1.82) is 5.26 Å². The van der Waals surface area contributed by atoms with E-state index in [0.29, 0.717) is 5.92 Å². The fourth-order valence-electron chi connectivity index (χ4n) is 2.20. The normalized spacial score (nSPS) is 30.1. The molecule has 15 heavy (non-hydrogen) atoms. The minimum atomic E-state index is -0.590. The van der Waals surface area contributed by atoms with Crippen molar-refractivity contribution >= 4 is 22.6 Å². The Morgan fingerprint density at radius 3 is 2.60 bits per heavy atom. The van der Waals surface area contributed by atoms with E-state index < -0.39 is 5.54 Å². The number of nitrogens with zero attached hydrogens (tertiary/aromatic N) is 1. The third-order valence-electron chi connectivity index (χ3n) is 3.11. The summed E-state index contributed by atoms with van der Waals surface area (Å²) in [7, 11) is 0. The summed E-state index contributed by atoms with van der Waals surface area (Å²) in [6.45, 7) is 0. The smallest absolute Gasteiger partial charge is 0.104 e. The van der Waals surface area contributed by atoms with Crippen molar-refractivity contribution in [3.05, 3.63) is 33.4 Å². The summed E-state index contributed by atoms with van der Waals surface area (Å²) < 4.78 is 1.24. The average Bonchev–Trinajstić information content (AvgIpc) is 2.63. The second-order valence-corrected chi connectivity index (χ2v) is 5.50. The summed E-state index contributed by atoms with van der Waals surface area (Å²) in [4.78, 5) is 0. The Bertz CT molecular complexity index is 393. The molecule has 1 saturated carbocycles. The van der Waals surface area contributed by atoms with Gasteiger partial charge in [0.1, 0.15) is 5.54 Å². The van der Waals surface area contributed by atoms with Gasteiger partial charge in [0.15, 0.2) is 0 Å². The number of rotatable bonds is 1. The zero-order chi connectivity index (χ0) is 10.9. The Kier molecular flexibility index (Phi) is 2.98. The van der Waals surface area contributed by atoms with Crippen LogP contribution in [0.3, 0.4) is 0 Å². The molecule has 0 aliphatic heterocycles. The molecule has 2 rings (SSSR count). The van der Waals surface area contributed by atoms with E-state index in [1.807, 2.05) is 0 Å². The van der Waals surface area contributed by atoms with Gasteiger partial charge in [0, 0.05) is 3.57 Å². The molecule has 1 aromatic carbocycles. The fourth-order valence-corrected chi connectivity index (χ4v) is 2.56. The van der Waals surface area contributed by atoms with Crippen LogP contribution in [-0.4, -0.2) is 5.54 Å². The SMILES string of the molecule is N#CC1(N)CCC(c2ccc(I)cc2)C1. The predicted octanol–water partition coefficient (Wildman–Crippen LogP) is 2.78. The molecule has 78 valence electrons. The van der Waals surface area contributed by atoms with Crippen LogP contribution >= 0.6 is 22.6 Å². The van der Waals surface area contributed by atoms with E-state index in [-0.39, 0.29) is 0 Å². The summed E-state index contributed by atoms with van der Waals surface area (Å²) in [5.41, 5.74) is 6.68. The van der Waals surface area contributed by atoms with Crippen LogP contribution in [0.1, 0.15) is 30.7 Å². The number of benzene rings is 1. The molecule has 3 heteroatoms. The van der Waals surface area contributed by atoms with E-state index in [1.165, 1.54) is 9.13 Å². The van der Waals surface area contributed by atoms with Gasteiger partial charge in [-0.3, -0.25) is 0 Å². The van der Waals surface area contributed by atoms with Crippen LogP contribution in [-0.2, 0) is 0 Å². The molecular weight excluding hydrogens is 299 g/mol. The lowest BCUT2D eigenvalue weighted by Gasteiger charge is -2.14. The van der Waals surface area contributed by atoms with Gasteiger partial charge in [-0.25, -0.2) is 0 Å². The first-order valence-corrected chi connectivity index (χ1v) is 6.16. The minimum Gasteiger partial charge on any atom is -0.313 e. The first-order valence-electron chi connectivity index (χ1n) is 5.08. The van der Waals surface area contributed by atoms with E-state index in [1.54, 1.807) is 0 Å². The van der Waals surface area contributed by atoms with Crippen molar-refractivity contribution in [3.8, 4) is 6.07 Å². The molecule has 0 radical (unpaired) electrons. The summed E-state index contributed by atoms with van der Waals surface area (Å²) >= 11 is 2.30. The molecule has 1 fully saturated rings. The molecule has 1 aliphatic rings. The lowest BCUT2D eigenvalue weighted by molar-refractivity contribution is 0.553. The topological polar surface area (TPSA) is 49.8 Å². The van der Waals surface area contributed by atoms with Gasteiger partial charge in [-0.15, -0.1) is 0 Å². The summed E-state index contributed by atoms with van der Waals surface area (Å²) in [6, 6.07) is 10.7. The maximum absolute atomic E-state index is 8.96. The van der Waals surface area contributed by atoms with Gasteiger partial charge in [0.2, 0.25) is 0 Å². The molecule has 2 unspecified atom stereocenters. The van der Waals surface area contributed by atoms with Gasteiger partial charge in [-0.2, -0.15) is 5.26 Å². The van der Waals surface area contributed by atoms with Crippen molar-refractivity contribution in [1.82, 2.24) is 0 Å². The standard InChI is InChI=1S/C12H13IN2/c13-11-3-1-9(2-4-11)10-5-6-12(15,7-10)8-14/h1-4,10H,5-7,15H2. The second-order valence-electron chi connectivity index (χ2n) is 4.26. The third kappa shape index (κ3) is 2.32. The van der Waals surface area contributed by atoms with E-state index >= 15 is 0 Å². The lowest BCUT2D eigenvalue weighted by Crippen LogP contribution is -2.34. The van der Waals surface area contributed by atoms with Crippen molar-refractivity contribution in [3.63, 3.8) is 0 Å². The average molecular weight is 312 g/mol. The van der Waals surface area contributed by atoms with Gasteiger partial charge >= 0.3 is 0 Å². The maximum atomic E-state index is 8.96. The number of halogens is 1. The second kappa shape index (κ2) is 4.11. The molecule has 0 aromatic heterocycles. The van der Waals surface area contributed by atoms with Crippen LogP contribution in [0.4, 0.5) is 0 Å².